The summed E-state index contributed by atoms with van der Waals surface area (Å²) < 4.78 is 5.10. The number of nitrogens with zero attached hydrogens (tertiary/aromatic N) is 1. The third-order valence-electron chi connectivity index (χ3n) is 3.73. The molecule has 0 radical (unpaired) electrons. The van der Waals surface area contributed by atoms with E-state index in [2.05, 4.69) is 4.90 Å². The van der Waals surface area contributed by atoms with Gasteiger partial charge in [0, 0.05) is 30.1 Å². The van der Waals surface area contributed by atoms with E-state index < -0.39 is 0 Å². The van der Waals surface area contributed by atoms with Crippen molar-refractivity contribution in [1.82, 2.24) is 4.90 Å². The van der Waals surface area contributed by atoms with Gasteiger partial charge in [-0.1, -0.05) is 6.92 Å². The predicted molar refractivity (Wildman–Crippen MR) is 60.6 cm³/mol. The van der Waals surface area contributed by atoms with Crippen molar-refractivity contribution in [3.05, 3.63) is 30.2 Å². The highest BCUT2D eigenvalue weighted by Crippen LogP contribution is 2.36. The van der Waals surface area contributed by atoms with Crippen molar-refractivity contribution >= 4 is 11.5 Å². The van der Waals surface area contributed by atoms with Gasteiger partial charge in [0.1, 0.15) is 0 Å². The lowest BCUT2D eigenvalue weighted by Crippen LogP contribution is -2.40. The van der Waals surface area contributed by atoms with Crippen LogP contribution in [-0.4, -0.2) is 23.3 Å². The molecule has 3 heteroatoms. The first-order chi connectivity index (χ1) is 7.77. The minimum Gasteiger partial charge on any atom is -0.472 e. The Bertz CT molecular complexity index is 433. The summed E-state index contributed by atoms with van der Waals surface area (Å²) in [7, 11) is 0. The largest absolute Gasteiger partial charge is 0.472 e. The number of ketones is 1. The molecule has 16 heavy (non-hydrogen) atoms. The van der Waals surface area contributed by atoms with E-state index in [9.17, 15) is 4.79 Å². The van der Waals surface area contributed by atoms with Crippen LogP contribution in [0.5, 0.6) is 0 Å². The Morgan fingerprint density at radius 3 is 3.12 bits per heavy atom. The van der Waals surface area contributed by atoms with Crippen LogP contribution in [0.2, 0.25) is 0 Å². The maximum Gasteiger partial charge on any atom is 0.162 e. The van der Waals surface area contributed by atoms with Gasteiger partial charge < -0.3 is 9.32 Å². The van der Waals surface area contributed by atoms with Gasteiger partial charge in [-0.25, -0.2) is 0 Å². The average Bonchev–Trinajstić information content (AvgIpc) is 2.93. The molecule has 0 bridgehead atoms. The summed E-state index contributed by atoms with van der Waals surface area (Å²) in [5.41, 5.74) is 2.06. The van der Waals surface area contributed by atoms with E-state index in [0.717, 1.165) is 24.2 Å². The van der Waals surface area contributed by atoms with Gasteiger partial charge in [0.15, 0.2) is 5.78 Å². The molecule has 0 N–H and O–H groups in total. The summed E-state index contributed by atoms with van der Waals surface area (Å²) in [5.74, 6) is 0.387. The second-order valence-corrected chi connectivity index (χ2v) is 4.64. The summed E-state index contributed by atoms with van der Waals surface area (Å²) in [6.07, 6.45) is 7.45. The molecule has 84 valence electrons. The minimum atomic E-state index is 0.137. The standard InChI is InChI=1S/C13H15NO2/c1-9-11-3-2-5-14(11)12(7-13(9)15)10-4-6-16-8-10/h4,6-9,11H,2-3,5H2,1H3/t9-,11+/m1/s1. The smallest absolute Gasteiger partial charge is 0.162 e. The SMILES string of the molecule is C[C@H]1C(=O)C=C(c2ccoc2)N2CCC[C@@H]12. The Hall–Kier alpha value is -1.51. The maximum atomic E-state index is 11.9. The zero-order valence-corrected chi connectivity index (χ0v) is 9.35. The number of hydrogen-bond acceptors (Lipinski definition) is 3. The van der Waals surface area contributed by atoms with E-state index in [1.807, 2.05) is 13.0 Å². The van der Waals surface area contributed by atoms with E-state index >= 15 is 0 Å². The second kappa shape index (κ2) is 3.51. The van der Waals surface area contributed by atoms with Gasteiger partial charge in [0.25, 0.3) is 0 Å². The fraction of sp³-hybridized carbons (Fsp3) is 0.462. The number of carbonyl (C=O) groups is 1. The van der Waals surface area contributed by atoms with Crippen LogP contribution in [0.4, 0.5) is 0 Å². The fourth-order valence-corrected chi connectivity index (χ4v) is 2.81. The summed E-state index contributed by atoms with van der Waals surface area (Å²) in [6.45, 7) is 3.09. The Morgan fingerprint density at radius 2 is 2.38 bits per heavy atom. The van der Waals surface area contributed by atoms with E-state index in [1.54, 1.807) is 18.6 Å². The average molecular weight is 217 g/mol. The van der Waals surface area contributed by atoms with Crippen molar-refractivity contribution in [1.29, 1.82) is 0 Å². The molecule has 0 amide bonds. The monoisotopic (exact) mass is 217 g/mol. The summed E-state index contributed by atoms with van der Waals surface area (Å²) in [5, 5.41) is 0. The number of fused-ring (bicyclic) bond motifs is 1. The van der Waals surface area contributed by atoms with Crippen LogP contribution >= 0.6 is 0 Å². The Kier molecular flexibility index (Phi) is 2.13. The predicted octanol–water partition coefficient (Wildman–Crippen LogP) is 2.30. The molecule has 3 heterocycles. The van der Waals surface area contributed by atoms with E-state index in [0.29, 0.717) is 6.04 Å². The Balaban J connectivity index is 2.04. The van der Waals surface area contributed by atoms with Gasteiger partial charge in [-0.15, -0.1) is 0 Å². The molecule has 2 atom stereocenters. The van der Waals surface area contributed by atoms with Crippen molar-refractivity contribution in [2.24, 2.45) is 5.92 Å². The van der Waals surface area contributed by atoms with Crippen LogP contribution in [0.1, 0.15) is 25.3 Å². The van der Waals surface area contributed by atoms with E-state index in [1.165, 1.54) is 6.42 Å². The molecule has 2 aliphatic rings. The molecule has 1 aromatic heterocycles. The molecule has 0 unspecified atom stereocenters. The Labute approximate surface area is 94.7 Å². The molecule has 0 spiro atoms. The van der Waals surface area contributed by atoms with Gasteiger partial charge in [-0.2, -0.15) is 0 Å². The molecular formula is C13H15NO2. The van der Waals surface area contributed by atoms with Gasteiger partial charge in [0.2, 0.25) is 0 Å². The topological polar surface area (TPSA) is 33.5 Å². The Morgan fingerprint density at radius 1 is 1.50 bits per heavy atom. The quantitative estimate of drug-likeness (QED) is 0.723. The van der Waals surface area contributed by atoms with Crippen molar-refractivity contribution in [3.63, 3.8) is 0 Å². The molecule has 1 saturated heterocycles. The molecule has 0 aliphatic carbocycles. The van der Waals surface area contributed by atoms with Crippen LogP contribution in [0.3, 0.4) is 0 Å². The van der Waals surface area contributed by atoms with Gasteiger partial charge in [-0.3, -0.25) is 4.79 Å². The number of allylic oxidation sites excluding steroid dienone is 1. The minimum absolute atomic E-state index is 0.137. The number of carbonyl (C=O) groups excluding carboxylic acids is 1. The lowest BCUT2D eigenvalue weighted by molar-refractivity contribution is -0.119. The first kappa shape index (κ1) is 9.70. The lowest BCUT2D eigenvalue weighted by Gasteiger charge is -2.35. The van der Waals surface area contributed by atoms with Gasteiger partial charge in [-0.05, 0) is 18.9 Å². The van der Waals surface area contributed by atoms with Crippen LogP contribution in [0.15, 0.2) is 29.1 Å². The maximum absolute atomic E-state index is 11.9. The van der Waals surface area contributed by atoms with E-state index in [4.69, 9.17) is 4.42 Å². The molecule has 2 aliphatic heterocycles. The normalized spacial score (nSPS) is 29.2. The van der Waals surface area contributed by atoms with E-state index in [-0.39, 0.29) is 11.7 Å². The van der Waals surface area contributed by atoms with Crippen molar-refractivity contribution < 1.29 is 9.21 Å². The van der Waals surface area contributed by atoms with Crippen LogP contribution < -0.4 is 0 Å². The third-order valence-corrected chi connectivity index (χ3v) is 3.73. The molecule has 1 fully saturated rings. The van der Waals surface area contributed by atoms with Gasteiger partial charge in [0.05, 0.1) is 18.2 Å². The fourth-order valence-electron chi connectivity index (χ4n) is 2.81. The molecule has 3 nitrogen and oxygen atoms in total. The molecule has 3 rings (SSSR count). The molecule has 1 aromatic rings. The number of furan rings is 1. The van der Waals surface area contributed by atoms with Crippen LogP contribution in [0.25, 0.3) is 5.70 Å². The number of hydrogen-bond donors (Lipinski definition) is 0. The van der Waals surface area contributed by atoms with Gasteiger partial charge >= 0.3 is 0 Å². The van der Waals surface area contributed by atoms with Crippen molar-refractivity contribution in [3.8, 4) is 0 Å². The summed E-state index contributed by atoms with van der Waals surface area (Å²) in [4.78, 5) is 14.3. The first-order valence-corrected chi connectivity index (χ1v) is 5.82. The molecular weight excluding hydrogens is 202 g/mol. The summed E-state index contributed by atoms with van der Waals surface area (Å²) in [6, 6.07) is 2.31. The van der Waals surface area contributed by atoms with Crippen molar-refractivity contribution in [2.75, 3.05) is 6.54 Å². The molecule has 0 aromatic carbocycles. The van der Waals surface area contributed by atoms with Crippen molar-refractivity contribution in [2.45, 2.75) is 25.8 Å². The number of rotatable bonds is 1. The lowest BCUT2D eigenvalue weighted by atomic mass is 9.90. The third kappa shape index (κ3) is 1.31. The highest BCUT2D eigenvalue weighted by Gasteiger charge is 2.37. The second-order valence-electron chi connectivity index (χ2n) is 4.64. The first-order valence-electron chi connectivity index (χ1n) is 5.82. The molecule has 0 saturated carbocycles. The zero-order chi connectivity index (χ0) is 11.1. The van der Waals surface area contributed by atoms with Crippen LogP contribution in [0, 0.1) is 5.92 Å². The zero-order valence-electron chi connectivity index (χ0n) is 9.35. The highest BCUT2D eigenvalue weighted by atomic mass is 16.3. The summed E-state index contributed by atoms with van der Waals surface area (Å²) >= 11 is 0. The van der Waals surface area contributed by atoms with Crippen LogP contribution in [-0.2, 0) is 4.79 Å². The highest BCUT2D eigenvalue weighted by molar-refractivity contribution is 6.00.